The van der Waals surface area contributed by atoms with E-state index in [2.05, 4.69) is 4.74 Å². The molecule has 0 aliphatic rings. The summed E-state index contributed by atoms with van der Waals surface area (Å²) in [6.07, 6.45) is -0.459. The first kappa shape index (κ1) is 19.1. The van der Waals surface area contributed by atoms with Crippen LogP contribution in [0.5, 0.6) is 5.75 Å². The van der Waals surface area contributed by atoms with Crippen molar-refractivity contribution in [2.45, 2.75) is 26.9 Å². The third-order valence-electron chi connectivity index (χ3n) is 3.60. The monoisotopic (exact) mass is 357 g/mol. The number of aryl methyl sites for hydroxylation is 1. The van der Waals surface area contributed by atoms with Crippen LogP contribution in [0.15, 0.2) is 42.5 Å². The van der Waals surface area contributed by atoms with Crippen molar-refractivity contribution in [2.24, 2.45) is 0 Å². The second kappa shape index (κ2) is 8.75. The van der Waals surface area contributed by atoms with Crippen LogP contribution in [0.25, 0.3) is 0 Å². The summed E-state index contributed by atoms with van der Waals surface area (Å²) in [5.74, 6) is -1.67. The first-order chi connectivity index (χ1) is 12.4. The van der Waals surface area contributed by atoms with Crippen molar-refractivity contribution >= 4 is 17.4 Å². The summed E-state index contributed by atoms with van der Waals surface area (Å²) in [6, 6.07) is 12.2. The molecular formula is C19H19NO6. The Labute approximate surface area is 150 Å². The van der Waals surface area contributed by atoms with Gasteiger partial charge in [0, 0.05) is 6.07 Å². The number of rotatable bonds is 8. The van der Waals surface area contributed by atoms with E-state index < -0.39 is 23.1 Å². The van der Waals surface area contributed by atoms with Crippen molar-refractivity contribution in [1.82, 2.24) is 0 Å². The number of hydrogen-bond acceptors (Lipinski definition) is 6. The van der Waals surface area contributed by atoms with Gasteiger partial charge in [-0.1, -0.05) is 30.3 Å². The van der Waals surface area contributed by atoms with Crippen LogP contribution in [0.4, 0.5) is 5.69 Å². The van der Waals surface area contributed by atoms with Crippen molar-refractivity contribution in [3.05, 3.63) is 69.3 Å². The molecule has 136 valence electrons. The molecular weight excluding hydrogens is 338 g/mol. The third-order valence-corrected chi connectivity index (χ3v) is 3.60. The van der Waals surface area contributed by atoms with E-state index in [9.17, 15) is 19.7 Å². The molecule has 0 atom stereocenters. The van der Waals surface area contributed by atoms with Gasteiger partial charge < -0.3 is 9.47 Å². The molecule has 0 aliphatic carbocycles. The Balaban J connectivity index is 2.34. The standard InChI is InChI=1S/C19H19NO6/c1-3-25-19(22)17(21)11-15-16(20(23)24)9-13(2)10-18(15)26-12-14-7-5-4-6-8-14/h4-10H,3,11-12H2,1-2H3. The summed E-state index contributed by atoms with van der Waals surface area (Å²) < 4.78 is 10.4. The number of nitro benzene ring substituents is 1. The third kappa shape index (κ3) is 4.89. The van der Waals surface area contributed by atoms with E-state index in [0.29, 0.717) is 5.56 Å². The number of esters is 1. The summed E-state index contributed by atoms with van der Waals surface area (Å²) in [5, 5.41) is 11.4. The molecule has 0 spiro atoms. The van der Waals surface area contributed by atoms with E-state index in [1.165, 1.54) is 6.07 Å². The van der Waals surface area contributed by atoms with E-state index >= 15 is 0 Å². The van der Waals surface area contributed by atoms with Crippen LogP contribution in [-0.2, 0) is 27.4 Å². The molecule has 0 fully saturated rings. The lowest BCUT2D eigenvalue weighted by Crippen LogP contribution is -2.20. The van der Waals surface area contributed by atoms with Gasteiger partial charge in [-0.3, -0.25) is 14.9 Å². The predicted octanol–water partition coefficient (Wildman–Crippen LogP) is 3.16. The van der Waals surface area contributed by atoms with Crippen molar-refractivity contribution in [2.75, 3.05) is 6.61 Å². The molecule has 2 aromatic carbocycles. The number of benzene rings is 2. The Morgan fingerprint density at radius 3 is 2.46 bits per heavy atom. The fraction of sp³-hybridized carbons (Fsp3) is 0.263. The summed E-state index contributed by atoms with van der Waals surface area (Å²) in [5.41, 5.74) is 1.30. The van der Waals surface area contributed by atoms with Crippen LogP contribution in [-0.4, -0.2) is 23.3 Å². The summed E-state index contributed by atoms with van der Waals surface area (Å²) in [4.78, 5) is 34.5. The number of nitro groups is 1. The van der Waals surface area contributed by atoms with Crippen LogP contribution in [0, 0.1) is 17.0 Å². The minimum Gasteiger partial charge on any atom is -0.488 e. The summed E-state index contributed by atoms with van der Waals surface area (Å²) in [6.45, 7) is 3.51. The smallest absolute Gasteiger partial charge is 0.374 e. The number of ether oxygens (including phenoxy) is 2. The fourth-order valence-corrected chi connectivity index (χ4v) is 2.41. The zero-order valence-corrected chi connectivity index (χ0v) is 14.6. The number of hydrogen-bond donors (Lipinski definition) is 0. The lowest BCUT2D eigenvalue weighted by Gasteiger charge is -2.13. The minimum atomic E-state index is -1.02. The zero-order chi connectivity index (χ0) is 19.1. The SMILES string of the molecule is CCOC(=O)C(=O)Cc1c(OCc2ccccc2)cc(C)cc1[N+](=O)[O-]. The van der Waals surface area contributed by atoms with Gasteiger partial charge in [-0.2, -0.15) is 0 Å². The highest BCUT2D eigenvalue weighted by molar-refractivity contribution is 6.34. The normalized spacial score (nSPS) is 10.2. The fourth-order valence-electron chi connectivity index (χ4n) is 2.41. The molecule has 0 unspecified atom stereocenters. The molecule has 26 heavy (non-hydrogen) atoms. The molecule has 7 nitrogen and oxygen atoms in total. The number of carbonyl (C=O) groups is 2. The van der Waals surface area contributed by atoms with Crippen LogP contribution in [0.1, 0.15) is 23.6 Å². The molecule has 2 rings (SSSR count). The lowest BCUT2D eigenvalue weighted by molar-refractivity contribution is -0.385. The van der Waals surface area contributed by atoms with E-state index in [1.807, 2.05) is 30.3 Å². The summed E-state index contributed by atoms with van der Waals surface area (Å²) >= 11 is 0. The second-order valence-electron chi connectivity index (χ2n) is 5.61. The highest BCUT2D eigenvalue weighted by Gasteiger charge is 2.26. The first-order valence-corrected chi connectivity index (χ1v) is 8.07. The van der Waals surface area contributed by atoms with Crippen LogP contribution < -0.4 is 4.74 Å². The maximum absolute atomic E-state index is 12.0. The Morgan fingerprint density at radius 1 is 1.15 bits per heavy atom. The number of Topliss-reactive ketones (excluding diaryl/α,β-unsaturated/α-hetero) is 1. The van der Waals surface area contributed by atoms with Crippen LogP contribution in [0.3, 0.4) is 0 Å². The number of ketones is 1. The van der Waals surface area contributed by atoms with Gasteiger partial charge in [-0.25, -0.2) is 4.79 Å². The van der Waals surface area contributed by atoms with Gasteiger partial charge >= 0.3 is 5.97 Å². The van der Waals surface area contributed by atoms with E-state index in [0.717, 1.165) is 5.56 Å². The summed E-state index contributed by atoms with van der Waals surface area (Å²) in [7, 11) is 0. The maximum atomic E-state index is 12.0. The maximum Gasteiger partial charge on any atom is 0.374 e. The van der Waals surface area contributed by atoms with Gasteiger partial charge in [0.15, 0.2) is 0 Å². The van der Waals surface area contributed by atoms with E-state index in [4.69, 9.17) is 4.74 Å². The molecule has 0 aliphatic heterocycles. The van der Waals surface area contributed by atoms with Gasteiger partial charge in [-0.05, 0) is 31.0 Å². The zero-order valence-electron chi connectivity index (χ0n) is 14.6. The van der Waals surface area contributed by atoms with Crippen molar-refractivity contribution in [3.63, 3.8) is 0 Å². The molecule has 0 radical (unpaired) electrons. The number of nitrogens with zero attached hydrogens (tertiary/aromatic N) is 1. The van der Waals surface area contributed by atoms with Crippen molar-refractivity contribution in [1.29, 1.82) is 0 Å². The molecule has 0 aromatic heterocycles. The molecule has 0 saturated carbocycles. The van der Waals surface area contributed by atoms with Crippen molar-refractivity contribution in [3.8, 4) is 5.75 Å². The van der Waals surface area contributed by atoms with Gasteiger partial charge in [-0.15, -0.1) is 0 Å². The first-order valence-electron chi connectivity index (χ1n) is 8.07. The lowest BCUT2D eigenvalue weighted by atomic mass is 10.0. The average molecular weight is 357 g/mol. The van der Waals surface area contributed by atoms with E-state index in [-0.39, 0.29) is 30.2 Å². The molecule has 2 aromatic rings. The minimum absolute atomic E-state index is 0.0535. The Kier molecular flexibility index (Phi) is 6.43. The Bertz CT molecular complexity index is 816. The second-order valence-corrected chi connectivity index (χ2v) is 5.61. The highest BCUT2D eigenvalue weighted by Crippen LogP contribution is 2.31. The average Bonchev–Trinajstić information content (AvgIpc) is 2.62. The van der Waals surface area contributed by atoms with Crippen molar-refractivity contribution < 1.29 is 24.0 Å². The van der Waals surface area contributed by atoms with Gasteiger partial charge in [0.2, 0.25) is 5.78 Å². The van der Waals surface area contributed by atoms with Gasteiger partial charge in [0.1, 0.15) is 12.4 Å². The molecule has 0 heterocycles. The van der Waals surface area contributed by atoms with Gasteiger partial charge in [0.25, 0.3) is 5.69 Å². The molecule has 0 bridgehead atoms. The largest absolute Gasteiger partial charge is 0.488 e. The topological polar surface area (TPSA) is 95.7 Å². The molecule has 0 N–H and O–H groups in total. The Morgan fingerprint density at radius 2 is 1.85 bits per heavy atom. The van der Waals surface area contributed by atoms with E-state index in [1.54, 1.807) is 19.9 Å². The highest BCUT2D eigenvalue weighted by atomic mass is 16.6. The molecule has 7 heteroatoms. The quantitative estimate of drug-likeness (QED) is 0.312. The Hall–Kier alpha value is -3.22. The number of carbonyl (C=O) groups excluding carboxylic acids is 2. The van der Waals surface area contributed by atoms with Crippen LogP contribution >= 0.6 is 0 Å². The molecule has 0 saturated heterocycles. The molecule has 0 amide bonds. The predicted molar refractivity (Wildman–Crippen MR) is 94.0 cm³/mol. The van der Waals surface area contributed by atoms with Gasteiger partial charge in [0.05, 0.1) is 23.5 Å². The van der Waals surface area contributed by atoms with Crippen LogP contribution in [0.2, 0.25) is 0 Å².